The van der Waals surface area contributed by atoms with Gasteiger partial charge in [0.1, 0.15) is 5.82 Å². The summed E-state index contributed by atoms with van der Waals surface area (Å²) in [6.45, 7) is 2.33. The van der Waals surface area contributed by atoms with Crippen molar-refractivity contribution in [3.8, 4) is 0 Å². The smallest absolute Gasteiger partial charge is 0.107 e. The highest BCUT2D eigenvalue weighted by Crippen LogP contribution is 2.44. The number of H-pyrrole nitrogens is 1. The molecule has 1 unspecified atom stereocenters. The molecule has 1 fully saturated rings. The standard InChI is InChI=1S/C13H23N3/c1-3-13(6-4-5-7-13)11(14-2)10-12-15-8-9-16-12/h8-9,11,14H,3-7,10H2,1-2H3,(H,15,16). The van der Waals surface area contributed by atoms with Crippen molar-refractivity contribution < 1.29 is 0 Å². The van der Waals surface area contributed by atoms with E-state index in [2.05, 4.69) is 29.3 Å². The largest absolute Gasteiger partial charge is 0.349 e. The first-order chi connectivity index (χ1) is 7.80. The average Bonchev–Trinajstić information content (AvgIpc) is 2.97. The Morgan fingerprint density at radius 3 is 2.75 bits per heavy atom. The first-order valence-electron chi connectivity index (χ1n) is 6.46. The number of hydrogen-bond acceptors (Lipinski definition) is 2. The summed E-state index contributed by atoms with van der Waals surface area (Å²) in [5, 5.41) is 3.51. The molecule has 0 bridgehead atoms. The second-order valence-electron chi connectivity index (χ2n) is 5.00. The zero-order valence-electron chi connectivity index (χ0n) is 10.4. The Kier molecular flexibility index (Phi) is 3.64. The van der Waals surface area contributed by atoms with Crippen molar-refractivity contribution >= 4 is 0 Å². The van der Waals surface area contributed by atoms with Crippen LogP contribution in [-0.2, 0) is 6.42 Å². The monoisotopic (exact) mass is 221 g/mol. The molecule has 1 aliphatic carbocycles. The SMILES string of the molecule is CCC1(C(Cc2ncc[nH]2)NC)CCCC1. The van der Waals surface area contributed by atoms with E-state index in [0.717, 1.165) is 12.2 Å². The molecule has 3 nitrogen and oxygen atoms in total. The zero-order valence-corrected chi connectivity index (χ0v) is 10.4. The highest BCUT2D eigenvalue weighted by atomic mass is 14.9. The quantitative estimate of drug-likeness (QED) is 0.802. The molecule has 1 aromatic heterocycles. The molecule has 1 atom stereocenters. The van der Waals surface area contributed by atoms with E-state index in [1.807, 2.05) is 12.4 Å². The van der Waals surface area contributed by atoms with Crippen molar-refractivity contribution in [1.29, 1.82) is 0 Å². The predicted octanol–water partition coefficient (Wildman–Crippen LogP) is 2.51. The Bertz CT molecular complexity index is 299. The van der Waals surface area contributed by atoms with E-state index in [-0.39, 0.29) is 0 Å². The molecule has 1 aromatic rings. The molecule has 16 heavy (non-hydrogen) atoms. The maximum absolute atomic E-state index is 4.35. The van der Waals surface area contributed by atoms with Gasteiger partial charge < -0.3 is 10.3 Å². The van der Waals surface area contributed by atoms with Gasteiger partial charge in [-0.2, -0.15) is 0 Å². The Morgan fingerprint density at radius 2 is 2.25 bits per heavy atom. The van der Waals surface area contributed by atoms with Crippen LogP contribution in [0.3, 0.4) is 0 Å². The molecule has 0 amide bonds. The Labute approximate surface area is 98.1 Å². The number of nitrogens with one attached hydrogen (secondary N) is 2. The predicted molar refractivity (Wildman–Crippen MR) is 66.3 cm³/mol. The van der Waals surface area contributed by atoms with Gasteiger partial charge in [-0.15, -0.1) is 0 Å². The van der Waals surface area contributed by atoms with Crippen molar-refractivity contribution in [2.45, 2.75) is 51.5 Å². The Hall–Kier alpha value is -0.830. The molecule has 0 saturated heterocycles. The van der Waals surface area contributed by atoms with Gasteiger partial charge in [-0.1, -0.05) is 19.8 Å². The third kappa shape index (κ3) is 2.14. The lowest BCUT2D eigenvalue weighted by atomic mass is 9.75. The number of imidazole rings is 1. The van der Waals surface area contributed by atoms with Crippen molar-refractivity contribution in [3.05, 3.63) is 18.2 Å². The summed E-state index contributed by atoms with van der Waals surface area (Å²) >= 11 is 0. The molecular formula is C13H23N3. The van der Waals surface area contributed by atoms with E-state index in [9.17, 15) is 0 Å². The first-order valence-corrected chi connectivity index (χ1v) is 6.46. The van der Waals surface area contributed by atoms with E-state index in [0.29, 0.717) is 11.5 Å². The van der Waals surface area contributed by atoms with Gasteiger partial charge in [-0.25, -0.2) is 4.98 Å². The van der Waals surface area contributed by atoms with Crippen molar-refractivity contribution in [2.75, 3.05) is 7.05 Å². The summed E-state index contributed by atoms with van der Waals surface area (Å²) in [6, 6.07) is 0.561. The van der Waals surface area contributed by atoms with E-state index >= 15 is 0 Å². The van der Waals surface area contributed by atoms with Gasteiger partial charge in [0.15, 0.2) is 0 Å². The van der Waals surface area contributed by atoms with Crippen molar-refractivity contribution in [2.24, 2.45) is 5.41 Å². The maximum atomic E-state index is 4.35. The average molecular weight is 221 g/mol. The Morgan fingerprint density at radius 1 is 1.50 bits per heavy atom. The number of aromatic nitrogens is 2. The minimum atomic E-state index is 0.502. The molecule has 0 aliphatic heterocycles. The molecule has 0 radical (unpaired) electrons. The summed E-state index contributed by atoms with van der Waals surface area (Å²) in [5.41, 5.74) is 0.502. The molecular weight excluding hydrogens is 198 g/mol. The number of hydrogen-bond donors (Lipinski definition) is 2. The lowest BCUT2D eigenvalue weighted by Crippen LogP contribution is -2.43. The van der Waals surface area contributed by atoms with Crippen LogP contribution >= 0.6 is 0 Å². The van der Waals surface area contributed by atoms with Crippen LogP contribution < -0.4 is 5.32 Å². The highest BCUT2D eigenvalue weighted by molar-refractivity contribution is 5.00. The second kappa shape index (κ2) is 5.00. The summed E-state index contributed by atoms with van der Waals surface area (Å²) in [7, 11) is 2.09. The van der Waals surface area contributed by atoms with E-state index in [4.69, 9.17) is 0 Å². The number of aromatic amines is 1. The third-order valence-electron chi connectivity index (χ3n) is 4.34. The van der Waals surface area contributed by atoms with Gasteiger partial charge >= 0.3 is 0 Å². The number of likely N-dealkylation sites (N-methyl/N-ethyl adjacent to an activating group) is 1. The molecule has 1 saturated carbocycles. The topological polar surface area (TPSA) is 40.7 Å². The van der Waals surface area contributed by atoms with Gasteiger partial charge in [0.25, 0.3) is 0 Å². The molecule has 3 heteroatoms. The highest BCUT2D eigenvalue weighted by Gasteiger charge is 2.39. The summed E-state index contributed by atoms with van der Waals surface area (Å²) < 4.78 is 0. The Balaban J connectivity index is 2.08. The number of rotatable bonds is 5. The van der Waals surface area contributed by atoms with Gasteiger partial charge in [-0.05, 0) is 31.7 Å². The van der Waals surface area contributed by atoms with Crippen LogP contribution in [0.1, 0.15) is 44.9 Å². The van der Waals surface area contributed by atoms with Crippen molar-refractivity contribution in [1.82, 2.24) is 15.3 Å². The minimum Gasteiger partial charge on any atom is -0.349 e. The van der Waals surface area contributed by atoms with Crippen LogP contribution in [0, 0.1) is 5.41 Å². The van der Waals surface area contributed by atoms with E-state index in [1.165, 1.54) is 32.1 Å². The zero-order chi connectivity index (χ0) is 11.4. The second-order valence-corrected chi connectivity index (χ2v) is 5.00. The molecule has 0 aromatic carbocycles. The normalized spacial score (nSPS) is 21.1. The molecule has 0 spiro atoms. The molecule has 2 rings (SSSR count). The first kappa shape index (κ1) is 11.6. The summed E-state index contributed by atoms with van der Waals surface area (Å²) in [4.78, 5) is 7.56. The van der Waals surface area contributed by atoms with Crippen LogP contribution in [0.15, 0.2) is 12.4 Å². The fourth-order valence-electron chi connectivity index (χ4n) is 3.26. The maximum Gasteiger partial charge on any atom is 0.107 e. The number of nitrogens with zero attached hydrogens (tertiary/aromatic N) is 1. The van der Waals surface area contributed by atoms with Crippen LogP contribution in [0.4, 0.5) is 0 Å². The van der Waals surface area contributed by atoms with Crippen LogP contribution in [0.5, 0.6) is 0 Å². The summed E-state index contributed by atoms with van der Waals surface area (Å²) in [6.07, 6.45) is 11.6. The molecule has 2 N–H and O–H groups in total. The summed E-state index contributed by atoms with van der Waals surface area (Å²) in [5.74, 6) is 1.11. The van der Waals surface area contributed by atoms with E-state index < -0.39 is 0 Å². The van der Waals surface area contributed by atoms with Crippen LogP contribution in [0.2, 0.25) is 0 Å². The molecule has 90 valence electrons. The third-order valence-corrected chi connectivity index (χ3v) is 4.34. The molecule has 1 aliphatic rings. The lowest BCUT2D eigenvalue weighted by molar-refractivity contribution is 0.190. The molecule has 1 heterocycles. The van der Waals surface area contributed by atoms with Gasteiger partial charge in [0.05, 0.1) is 0 Å². The van der Waals surface area contributed by atoms with Gasteiger partial charge in [-0.3, -0.25) is 0 Å². The van der Waals surface area contributed by atoms with Gasteiger partial charge in [0.2, 0.25) is 0 Å². The minimum absolute atomic E-state index is 0.502. The lowest BCUT2D eigenvalue weighted by Gasteiger charge is -2.36. The van der Waals surface area contributed by atoms with Crippen molar-refractivity contribution in [3.63, 3.8) is 0 Å². The fraction of sp³-hybridized carbons (Fsp3) is 0.769. The van der Waals surface area contributed by atoms with Crippen LogP contribution in [0.25, 0.3) is 0 Å². The van der Waals surface area contributed by atoms with Crippen LogP contribution in [-0.4, -0.2) is 23.1 Å². The van der Waals surface area contributed by atoms with Gasteiger partial charge in [0, 0.05) is 24.9 Å². The van der Waals surface area contributed by atoms with E-state index in [1.54, 1.807) is 0 Å². The fourth-order valence-corrected chi connectivity index (χ4v) is 3.26.